The lowest BCUT2D eigenvalue weighted by atomic mass is 9.99. The summed E-state index contributed by atoms with van der Waals surface area (Å²) in [6.07, 6.45) is 1.81. The minimum absolute atomic E-state index is 0.0582. The summed E-state index contributed by atoms with van der Waals surface area (Å²) in [6, 6.07) is 4.34. The lowest BCUT2D eigenvalue weighted by Crippen LogP contribution is -2.23. The number of hydrogen-bond acceptors (Lipinski definition) is 6. The van der Waals surface area contributed by atoms with Crippen molar-refractivity contribution in [3.63, 3.8) is 0 Å². The number of ether oxygens (including phenoxy) is 2. The highest BCUT2D eigenvalue weighted by molar-refractivity contribution is 6.03. The van der Waals surface area contributed by atoms with Crippen molar-refractivity contribution in [3.05, 3.63) is 34.9 Å². The number of esters is 3. The van der Waals surface area contributed by atoms with E-state index in [1.807, 2.05) is 0 Å². The molecule has 7 heteroatoms. The average Bonchev–Trinajstić information content (AvgIpc) is 2.49. The molecule has 1 N–H and O–H groups in total. The van der Waals surface area contributed by atoms with Crippen LogP contribution in [0, 0.1) is 0 Å². The fourth-order valence-electron chi connectivity index (χ4n) is 2.22. The first kappa shape index (κ1) is 16.7. The molecule has 1 heterocycles. The van der Waals surface area contributed by atoms with Crippen LogP contribution in [0.15, 0.2) is 18.2 Å². The smallest absolute Gasteiger partial charge is 0.346 e. The second-order valence-electron chi connectivity index (χ2n) is 5.15. The molecule has 1 aromatic rings. The summed E-state index contributed by atoms with van der Waals surface area (Å²) in [5, 5.41) is 8.50. The Labute approximate surface area is 132 Å². The van der Waals surface area contributed by atoms with Crippen LogP contribution in [-0.4, -0.2) is 35.6 Å². The first-order valence-electron chi connectivity index (χ1n) is 7.24. The largest absolute Gasteiger partial charge is 0.481 e. The number of cyclic esters (lactones) is 2. The SMILES string of the molecule is O=C(O)CCCCCOC(=O)c1ccc2c(c1)CC(=O)OC2=O. The maximum Gasteiger partial charge on any atom is 0.346 e. The Balaban J connectivity index is 1.86. The van der Waals surface area contributed by atoms with Gasteiger partial charge in [0.15, 0.2) is 0 Å². The molecule has 0 atom stereocenters. The van der Waals surface area contributed by atoms with Crippen LogP contribution in [0.5, 0.6) is 0 Å². The van der Waals surface area contributed by atoms with Gasteiger partial charge >= 0.3 is 23.9 Å². The number of aliphatic carboxylic acids is 1. The van der Waals surface area contributed by atoms with Gasteiger partial charge in [-0.25, -0.2) is 9.59 Å². The fourth-order valence-corrected chi connectivity index (χ4v) is 2.22. The van der Waals surface area contributed by atoms with Crippen LogP contribution in [0.25, 0.3) is 0 Å². The van der Waals surface area contributed by atoms with Crippen molar-refractivity contribution in [1.82, 2.24) is 0 Å². The Bertz CT molecular complexity index is 648. The van der Waals surface area contributed by atoms with Gasteiger partial charge in [0.05, 0.1) is 24.2 Å². The number of carbonyl (C=O) groups is 4. The Morgan fingerprint density at radius 1 is 1.17 bits per heavy atom. The van der Waals surface area contributed by atoms with E-state index in [0.717, 1.165) is 0 Å². The van der Waals surface area contributed by atoms with Crippen molar-refractivity contribution in [1.29, 1.82) is 0 Å². The molecular weight excluding hydrogens is 304 g/mol. The summed E-state index contributed by atoms with van der Waals surface area (Å²) in [7, 11) is 0. The van der Waals surface area contributed by atoms with Gasteiger partial charge < -0.3 is 14.6 Å². The van der Waals surface area contributed by atoms with Crippen LogP contribution < -0.4 is 0 Å². The molecule has 0 amide bonds. The van der Waals surface area contributed by atoms with Crippen LogP contribution in [0.1, 0.15) is 52.0 Å². The van der Waals surface area contributed by atoms with Gasteiger partial charge in [0.1, 0.15) is 0 Å². The van der Waals surface area contributed by atoms with E-state index in [2.05, 4.69) is 4.74 Å². The minimum atomic E-state index is -0.843. The van der Waals surface area contributed by atoms with Crippen molar-refractivity contribution in [3.8, 4) is 0 Å². The molecule has 23 heavy (non-hydrogen) atoms. The third kappa shape index (κ3) is 4.64. The number of benzene rings is 1. The Hall–Kier alpha value is -2.70. The molecule has 2 rings (SSSR count). The van der Waals surface area contributed by atoms with Gasteiger partial charge in [-0.05, 0) is 43.0 Å². The number of fused-ring (bicyclic) bond motifs is 1. The summed E-state index contributed by atoms with van der Waals surface area (Å²) in [4.78, 5) is 45.0. The van der Waals surface area contributed by atoms with Crippen molar-refractivity contribution >= 4 is 23.9 Å². The van der Waals surface area contributed by atoms with Crippen LogP contribution in [-0.2, 0) is 25.5 Å². The van der Waals surface area contributed by atoms with Gasteiger partial charge in [-0.1, -0.05) is 0 Å². The van der Waals surface area contributed by atoms with Crippen molar-refractivity contribution in [2.45, 2.75) is 32.1 Å². The normalized spacial score (nSPS) is 13.2. The van der Waals surface area contributed by atoms with Gasteiger partial charge in [-0.15, -0.1) is 0 Å². The molecule has 1 aromatic carbocycles. The number of hydrogen-bond donors (Lipinski definition) is 1. The van der Waals surface area contributed by atoms with Gasteiger partial charge in [0.25, 0.3) is 0 Å². The van der Waals surface area contributed by atoms with Crippen molar-refractivity contribution in [2.75, 3.05) is 6.61 Å². The third-order valence-corrected chi connectivity index (χ3v) is 3.37. The molecule has 1 aliphatic heterocycles. The van der Waals surface area contributed by atoms with Gasteiger partial charge in [-0.3, -0.25) is 9.59 Å². The zero-order valence-corrected chi connectivity index (χ0v) is 12.4. The molecule has 0 saturated carbocycles. The number of unbranched alkanes of at least 4 members (excludes halogenated alkanes) is 2. The molecule has 1 aliphatic rings. The molecular formula is C16H16O7. The Morgan fingerprint density at radius 3 is 2.70 bits per heavy atom. The quantitative estimate of drug-likeness (QED) is 0.463. The average molecular weight is 320 g/mol. The van der Waals surface area contributed by atoms with E-state index < -0.39 is 23.9 Å². The molecule has 0 aliphatic carbocycles. The van der Waals surface area contributed by atoms with E-state index in [1.165, 1.54) is 18.2 Å². The number of carboxylic acid groups (broad SMARTS) is 1. The number of carbonyl (C=O) groups excluding carboxylic acids is 3. The summed E-state index contributed by atoms with van der Waals surface area (Å²) >= 11 is 0. The lowest BCUT2D eigenvalue weighted by molar-refractivity contribution is -0.138. The van der Waals surface area contributed by atoms with Gasteiger partial charge in [0, 0.05) is 6.42 Å². The number of rotatable bonds is 7. The van der Waals surface area contributed by atoms with E-state index in [-0.39, 0.29) is 30.6 Å². The summed E-state index contributed by atoms with van der Waals surface area (Å²) in [5.41, 5.74) is 0.980. The van der Waals surface area contributed by atoms with Crippen LogP contribution in [0.3, 0.4) is 0 Å². The fraction of sp³-hybridized carbons (Fsp3) is 0.375. The van der Waals surface area contributed by atoms with E-state index in [0.29, 0.717) is 24.8 Å². The van der Waals surface area contributed by atoms with E-state index in [9.17, 15) is 19.2 Å². The van der Waals surface area contributed by atoms with E-state index in [1.54, 1.807) is 0 Å². The van der Waals surface area contributed by atoms with Crippen LogP contribution >= 0.6 is 0 Å². The Morgan fingerprint density at radius 2 is 1.96 bits per heavy atom. The first-order chi connectivity index (χ1) is 11.0. The summed E-state index contributed by atoms with van der Waals surface area (Å²) in [6.45, 7) is 0.191. The predicted octanol–water partition coefficient (Wildman–Crippen LogP) is 1.73. The zero-order chi connectivity index (χ0) is 16.8. The molecule has 0 spiro atoms. The molecule has 0 fully saturated rings. The standard InChI is InChI=1S/C16H16O7/c17-13(18)4-2-1-3-7-22-15(20)10-5-6-12-11(8-10)9-14(19)23-16(12)21/h5-6,8H,1-4,7,9H2,(H,17,18). The molecule has 122 valence electrons. The predicted molar refractivity (Wildman–Crippen MR) is 77.0 cm³/mol. The molecule has 0 saturated heterocycles. The molecule has 0 bridgehead atoms. The second-order valence-corrected chi connectivity index (χ2v) is 5.15. The topological polar surface area (TPSA) is 107 Å². The monoisotopic (exact) mass is 320 g/mol. The Kier molecular flexibility index (Phi) is 5.46. The molecule has 7 nitrogen and oxygen atoms in total. The lowest BCUT2D eigenvalue weighted by Gasteiger charge is -2.14. The number of carboxylic acids is 1. The van der Waals surface area contributed by atoms with E-state index >= 15 is 0 Å². The maximum absolute atomic E-state index is 11.9. The highest BCUT2D eigenvalue weighted by Gasteiger charge is 2.25. The minimum Gasteiger partial charge on any atom is -0.481 e. The van der Waals surface area contributed by atoms with Crippen molar-refractivity contribution in [2.24, 2.45) is 0 Å². The molecule has 0 unspecified atom stereocenters. The molecule has 0 radical (unpaired) electrons. The third-order valence-electron chi connectivity index (χ3n) is 3.37. The second kappa shape index (κ2) is 7.53. The summed E-state index contributed by atoms with van der Waals surface area (Å²) < 4.78 is 9.59. The first-order valence-corrected chi connectivity index (χ1v) is 7.24. The zero-order valence-electron chi connectivity index (χ0n) is 12.4. The van der Waals surface area contributed by atoms with E-state index in [4.69, 9.17) is 9.84 Å². The van der Waals surface area contributed by atoms with Gasteiger partial charge in [-0.2, -0.15) is 0 Å². The van der Waals surface area contributed by atoms with Crippen molar-refractivity contribution < 1.29 is 33.8 Å². The maximum atomic E-state index is 11.9. The highest BCUT2D eigenvalue weighted by Crippen LogP contribution is 2.19. The van der Waals surface area contributed by atoms with Crippen LogP contribution in [0.2, 0.25) is 0 Å². The van der Waals surface area contributed by atoms with Gasteiger partial charge in [0.2, 0.25) is 0 Å². The summed E-state index contributed by atoms with van der Waals surface area (Å²) in [5.74, 6) is -2.75. The highest BCUT2D eigenvalue weighted by atomic mass is 16.6. The molecule has 0 aromatic heterocycles. The van der Waals surface area contributed by atoms with Crippen LogP contribution in [0.4, 0.5) is 0 Å².